The fraction of sp³-hybridized carbons (Fsp3) is 0.267. The van der Waals surface area contributed by atoms with E-state index in [9.17, 15) is 0 Å². The zero-order valence-corrected chi connectivity index (χ0v) is 12.1. The Morgan fingerprint density at radius 3 is 2.81 bits per heavy atom. The Balaban J connectivity index is 1.73. The normalized spacial score (nSPS) is 11.0. The van der Waals surface area contributed by atoms with Crippen molar-refractivity contribution < 1.29 is 4.52 Å². The van der Waals surface area contributed by atoms with Crippen LogP contribution in [0.25, 0.3) is 11.3 Å². The summed E-state index contributed by atoms with van der Waals surface area (Å²) >= 11 is 0. The lowest BCUT2D eigenvalue weighted by Gasteiger charge is -1.95. The lowest BCUT2D eigenvalue weighted by atomic mass is 10.1. The molecule has 0 aliphatic rings. The van der Waals surface area contributed by atoms with E-state index in [4.69, 9.17) is 4.52 Å². The molecule has 1 N–H and O–H groups in total. The number of benzene rings is 1. The van der Waals surface area contributed by atoms with Gasteiger partial charge in [-0.15, -0.1) is 5.10 Å². The maximum absolute atomic E-state index is 5.37. The number of hydrogen-bond donors (Lipinski definition) is 1. The summed E-state index contributed by atoms with van der Waals surface area (Å²) < 4.78 is 7.11. The maximum atomic E-state index is 5.37. The van der Waals surface area contributed by atoms with Crippen molar-refractivity contribution in [1.82, 2.24) is 25.5 Å². The lowest BCUT2D eigenvalue weighted by Crippen LogP contribution is -2.05. The first kappa shape index (κ1) is 13.5. The minimum atomic E-state index is 0.523. The van der Waals surface area contributed by atoms with Gasteiger partial charge in [0.05, 0.1) is 11.9 Å². The van der Waals surface area contributed by atoms with Gasteiger partial charge in [0.1, 0.15) is 12.2 Å². The molecule has 6 heteroatoms. The van der Waals surface area contributed by atoms with E-state index in [-0.39, 0.29) is 0 Å². The van der Waals surface area contributed by atoms with Gasteiger partial charge in [0.15, 0.2) is 5.76 Å². The van der Waals surface area contributed by atoms with E-state index in [0.717, 1.165) is 22.7 Å². The number of rotatable bonds is 5. The van der Waals surface area contributed by atoms with Gasteiger partial charge in [-0.05, 0) is 14.0 Å². The molecule has 6 nitrogen and oxygen atoms in total. The monoisotopic (exact) mass is 283 g/mol. The predicted octanol–water partition coefficient (Wildman–Crippen LogP) is 2.01. The van der Waals surface area contributed by atoms with Crippen LogP contribution in [0.3, 0.4) is 0 Å². The molecular formula is C15H17N5O. The van der Waals surface area contributed by atoms with Crippen LogP contribution in [0, 0.1) is 6.92 Å². The van der Waals surface area contributed by atoms with Gasteiger partial charge in [-0.2, -0.15) is 0 Å². The average molecular weight is 283 g/mol. The van der Waals surface area contributed by atoms with Crippen LogP contribution < -0.4 is 5.32 Å². The quantitative estimate of drug-likeness (QED) is 0.775. The molecule has 0 saturated carbocycles. The number of nitrogens with zero attached hydrogens (tertiary/aromatic N) is 4. The van der Waals surface area contributed by atoms with Crippen LogP contribution >= 0.6 is 0 Å². The molecule has 0 spiro atoms. The SMILES string of the molecule is CNCc1cn(Cc2cc(-c3ccc(C)cc3)no2)nn1. The largest absolute Gasteiger partial charge is 0.359 e. The fourth-order valence-corrected chi connectivity index (χ4v) is 2.09. The van der Waals surface area contributed by atoms with Crippen molar-refractivity contribution >= 4 is 0 Å². The van der Waals surface area contributed by atoms with E-state index in [1.165, 1.54) is 5.56 Å². The summed E-state index contributed by atoms with van der Waals surface area (Å²) in [6.07, 6.45) is 1.89. The third-order valence-corrected chi connectivity index (χ3v) is 3.17. The summed E-state index contributed by atoms with van der Waals surface area (Å²) in [5.74, 6) is 0.756. The number of aryl methyl sites for hydroxylation is 1. The molecule has 3 aromatic rings. The molecule has 0 saturated heterocycles. The first-order valence-corrected chi connectivity index (χ1v) is 6.81. The molecule has 0 fully saturated rings. The predicted molar refractivity (Wildman–Crippen MR) is 78.6 cm³/mol. The maximum Gasteiger partial charge on any atom is 0.158 e. The van der Waals surface area contributed by atoms with E-state index in [0.29, 0.717) is 13.1 Å². The molecular weight excluding hydrogens is 266 g/mol. The molecule has 108 valence electrons. The van der Waals surface area contributed by atoms with Crippen molar-refractivity contribution in [3.05, 3.63) is 53.5 Å². The van der Waals surface area contributed by atoms with Crippen LogP contribution in [-0.4, -0.2) is 27.2 Å². The summed E-state index contributed by atoms with van der Waals surface area (Å²) in [4.78, 5) is 0. The summed E-state index contributed by atoms with van der Waals surface area (Å²) in [5, 5.41) is 15.3. The number of hydrogen-bond acceptors (Lipinski definition) is 5. The molecule has 0 bridgehead atoms. The Morgan fingerprint density at radius 1 is 1.24 bits per heavy atom. The van der Waals surface area contributed by atoms with E-state index < -0.39 is 0 Å². The van der Waals surface area contributed by atoms with Gasteiger partial charge in [-0.25, -0.2) is 4.68 Å². The Morgan fingerprint density at radius 2 is 2.05 bits per heavy atom. The second-order valence-electron chi connectivity index (χ2n) is 4.98. The van der Waals surface area contributed by atoms with E-state index in [1.807, 2.05) is 31.4 Å². The first-order valence-electron chi connectivity index (χ1n) is 6.81. The zero-order chi connectivity index (χ0) is 14.7. The highest BCUT2D eigenvalue weighted by atomic mass is 16.5. The second-order valence-corrected chi connectivity index (χ2v) is 4.98. The van der Waals surface area contributed by atoms with Crippen LogP contribution in [0.4, 0.5) is 0 Å². The second kappa shape index (κ2) is 5.88. The minimum Gasteiger partial charge on any atom is -0.359 e. The third-order valence-electron chi connectivity index (χ3n) is 3.17. The molecule has 1 aromatic carbocycles. The lowest BCUT2D eigenvalue weighted by molar-refractivity contribution is 0.372. The molecule has 0 radical (unpaired) electrons. The Labute approximate surface area is 122 Å². The highest BCUT2D eigenvalue weighted by molar-refractivity contribution is 5.59. The molecule has 0 atom stereocenters. The van der Waals surface area contributed by atoms with Crippen LogP contribution in [0.1, 0.15) is 17.0 Å². The van der Waals surface area contributed by atoms with Crippen molar-refractivity contribution in [2.45, 2.75) is 20.0 Å². The van der Waals surface area contributed by atoms with Gasteiger partial charge in [-0.1, -0.05) is 40.2 Å². The van der Waals surface area contributed by atoms with Crippen molar-refractivity contribution in [1.29, 1.82) is 0 Å². The topological polar surface area (TPSA) is 68.8 Å². The zero-order valence-electron chi connectivity index (χ0n) is 12.1. The van der Waals surface area contributed by atoms with Crippen LogP contribution in [0.15, 0.2) is 41.1 Å². The van der Waals surface area contributed by atoms with E-state index in [1.54, 1.807) is 4.68 Å². The molecule has 2 heterocycles. The fourth-order valence-electron chi connectivity index (χ4n) is 2.09. The van der Waals surface area contributed by atoms with Crippen molar-refractivity contribution in [3.8, 4) is 11.3 Å². The summed E-state index contributed by atoms with van der Waals surface area (Å²) in [7, 11) is 1.88. The minimum absolute atomic E-state index is 0.523. The smallest absolute Gasteiger partial charge is 0.158 e. The van der Waals surface area contributed by atoms with E-state index in [2.05, 4.69) is 39.8 Å². The molecule has 2 aromatic heterocycles. The van der Waals surface area contributed by atoms with Gasteiger partial charge in [-0.3, -0.25) is 0 Å². The first-order chi connectivity index (χ1) is 10.2. The van der Waals surface area contributed by atoms with Crippen molar-refractivity contribution in [2.75, 3.05) is 7.05 Å². The molecule has 0 unspecified atom stereocenters. The molecule has 0 amide bonds. The summed E-state index contributed by atoms with van der Waals surface area (Å²) in [6.45, 7) is 3.28. The summed E-state index contributed by atoms with van der Waals surface area (Å²) in [6, 6.07) is 10.1. The van der Waals surface area contributed by atoms with Crippen molar-refractivity contribution in [2.24, 2.45) is 0 Å². The molecule has 3 rings (SSSR count). The molecule has 0 aliphatic heterocycles. The van der Waals surface area contributed by atoms with Gasteiger partial charge < -0.3 is 9.84 Å². The Hall–Kier alpha value is -2.47. The highest BCUT2D eigenvalue weighted by Gasteiger charge is 2.08. The standard InChI is InChI=1S/C15H17N5O/c1-11-3-5-12(6-4-11)15-7-14(21-18-15)10-20-9-13(8-16-2)17-19-20/h3-7,9,16H,8,10H2,1-2H3. The summed E-state index contributed by atoms with van der Waals surface area (Å²) in [5.41, 5.74) is 4.00. The Kier molecular flexibility index (Phi) is 3.79. The van der Waals surface area contributed by atoms with Crippen LogP contribution in [0.2, 0.25) is 0 Å². The Bertz CT molecular complexity index is 714. The van der Waals surface area contributed by atoms with E-state index >= 15 is 0 Å². The van der Waals surface area contributed by atoms with Crippen molar-refractivity contribution in [3.63, 3.8) is 0 Å². The number of nitrogens with one attached hydrogen (secondary N) is 1. The van der Waals surface area contributed by atoms with Crippen LogP contribution in [0.5, 0.6) is 0 Å². The van der Waals surface area contributed by atoms with Crippen LogP contribution in [-0.2, 0) is 13.1 Å². The third kappa shape index (κ3) is 3.17. The molecule has 21 heavy (non-hydrogen) atoms. The molecule has 0 aliphatic carbocycles. The van der Waals surface area contributed by atoms with Gasteiger partial charge >= 0.3 is 0 Å². The highest BCUT2D eigenvalue weighted by Crippen LogP contribution is 2.19. The van der Waals surface area contributed by atoms with Gasteiger partial charge in [0.25, 0.3) is 0 Å². The van der Waals surface area contributed by atoms with Gasteiger partial charge in [0, 0.05) is 18.2 Å². The average Bonchev–Trinajstić information content (AvgIpc) is 3.11. The number of aromatic nitrogens is 4. The van der Waals surface area contributed by atoms with Gasteiger partial charge in [0.2, 0.25) is 0 Å².